The molecule has 0 saturated carbocycles. The van der Waals surface area contributed by atoms with Crippen LogP contribution in [0, 0.1) is 0 Å². The minimum absolute atomic E-state index is 0. The smallest absolute Gasteiger partial charge is 0.303 e. The Morgan fingerprint density at radius 2 is 0.727 bits per heavy atom. The largest absolute Gasteiger partial charge is 0.466 e. The Kier molecular flexibility index (Phi) is 105. The predicted octanol–water partition coefficient (Wildman–Crippen LogP) is 0.800. The summed E-state index contributed by atoms with van der Waals surface area (Å²) in [6.45, 7) is 0. The van der Waals surface area contributed by atoms with E-state index in [1.807, 2.05) is 0 Å². The average Bonchev–Trinajstić information content (AvgIpc) is 0.722. The SMILES string of the molecule is Cl.Cl.Cl.Cl.Cl.O=P(O)(O)O.[Sb]. The quantitative estimate of drug-likeness (QED) is 0.414. The minimum atomic E-state index is -4.64. The number of halogens is 5. The maximum absolute atomic E-state index is 8.88. The zero-order valence-electron chi connectivity index (χ0n) is 4.69. The van der Waals surface area contributed by atoms with Crippen LogP contribution in [0.3, 0.4) is 0 Å². The van der Waals surface area contributed by atoms with Crippen LogP contribution in [0.5, 0.6) is 0 Å². The topological polar surface area (TPSA) is 77.8 Å². The molecule has 0 saturated heterocycles. The summed E-state index contributed by atoms with van der Waals surface area (Å²) < 4.78 is 8.88. The van der Waals surface area contributed by atoms with Crippen LogP contribution in [0.2, 0.25) is 0 Å². The van der Waals surface area contributed by atoms with Crippen LogP contribution in [0.4, 0.5) is 0 Å². The maximum atomic E-state index is 8.88. The summed E-state index contributed by atoms with van der Waals surface area (Å²) in [6, 6.07) is 0. The van der Waals surface area contributed by atoms with Gasteiger partial charge in [-0.25, -0.2) is 4.57 Å². The first-order chi connectivity index (χ1) is 2.00. The summed E-state index contributed by atoms with van der Waals surface area (Å²) >= 11 is 0. The van der Waals surface area contributed by atoms with Gasteiger partial charge in [-0.2, -0.15) is 0 Å². The van der Waals surface area contributed by atoms with Crippen molar-refractivity contribution in [3.05, 3.63) is 0 Å². The van der Waals surface area contributed by atoms with Crippen LogP contribution in [0.1, 0.15) is 0 Å². The first-order valence-electron chi connectivity index (χ1n) is 0.783. The van der Waals surface area contributed by atoms with Crippen molar-refractivity contribution in [3.63, 3.8) is 0 Å². The number of phosphoric acid groups is 1. The van der Waals surface area contributed by atoms with Crippen molar-refractivity contribution in [2.75, 3.05) is 0 Å². The molecular formula is H8Cl5O4PSb. The van der Waals surface area contributed by atoms with Gasteiger partial charge in [0.05, 0.1) is 0 Å². The molecule has 0 aliphatic carbocycles. The molecule has 0 aromatic rings. The van der Waals surface area contributed by atoms with Gasteiger partial charge in [-0.15, -0.1) is 62.0 Å². The Hall–Kier alpha value is 2.38. The molecule has 0 bridgehead atoms. The Balaban J connectivity index is -0.00000000533. The zero-order chi connectivity index (χ0) is 4.50. The summed E-state index contributed by atoms with van der Waals surface area (Å²) in [5.74, 6) is 0. The second kappa shape index (κ2) is 22.8. The predicted molar refractivity (Wildman–Crippen MR) is 56.3 cm³/mol. The second-order valence-corrected chi connectivity index (χ2v) is 1.54. The molecule has 0 aromatic carbocycles. The molecule has 0 rings (SSSR count). The van der Waals surface area contributed by atoms with Crippen LogP contribution in [-0.4, -0.2) is 39.1 Å². The van der Waals surface area contributed by atoms with Crippen molar-refractivity contribution in [2.45, 2.75) is 0 Å². The molecule has 0 aliphatic heterocycles. The molecule has 0 heterocycles. The summed E-state index contributed by atoms with van der Waals surface area (Å²) in [7, 11) is -4.64. The third-order valence-corrected chi connectivity index (χ3v) is 0. The molecule has 0 atom stereocenters. The first-order valence-corrected chi connectivity index (χ1v) is 2.35. The maximum Gasteiger partial charge on any atom is 0.466 e. The van der Waals surface area contributed by atoms with Gasteiger partial charge in [0.1, 0.15) is 0 Å². The van der Waals surface area contributed by atoms with Crippen molar-refractivity contribution in [1.29, 1.82) is 0 Å². The van der Waals surface area contributed by atoms with E-state index in [4.69, 9.17) is 19.2 Å². The van der Waals surface area contributed by atoms with Gasteiger partial charge < -0.3 is 14.7 Å². The van der Waals surface area contributed by atoms with E-state index in [9.17, 15) is 0 Å². The van der Waals surface area contributed by atoms with Crippen molar-refractivity contribution >= 4 is 94.3 Å². The van der Waals surface area contributed by atoms with Gasteiger partial charge >= 0.3 is 7.82 Å². The molecule has 0 aliphatic rings. The van der Waals surface area contributed by atoms with E-state index < -0.39 is 7.82 Å². The fourth-order valence-electron chi connectivity index (χ4n) is 0. The molecule has 0 amide bonds. The van der Waals surface area contributed by atoms with Crippen molar-refractivity contribution in [1.82, 2.24) is 0 Å². The molecule has 3 N–H and O–H groups in total. The Labute approximate surface area is 113 Å². The molecule has 0 unspecified atom stereocenters. The van der Waals surface area contributed by atoms with E-state index in [0.29, 0.717) is 0 Å². The van der Waals surface area contributed by atoms with Crippen molar-refractivity contribution in [2.24, 2.45) is 0 Å². The van der Waals surface area contributed by atoms with Gasteiger partial charge in [0.25, 0.3) is 0 Å². The van der Waals surface area contributed by atoms with E-state index in [1.54, 1.807) is 0 Å². The third kappa shape index (κ3) is 236. The molecule has 11 heavy (non-hydrogen) atoms. The zero-order valence-corrected chi connectivity index (χ0v) is 12.2. The minimum Gasteiger partial charge on any atom is -0.303 e. The summed E-state index contributed by atoms with van der Waals surface area (Å²) in [5.41, 5.74) is 0. The summed E-state index contributed by atoms with van der Waals surface area (Å²) in [5, 5.41) is 0. The van der Waals surface area contributed by atoms with Crippen molar-refractivity contribution in [3.8, 4) is 0 Å². The number of hydrogen-bond donors (Lipinski definition) is 3. The van der Waals surface area contributed by atoms with Gasteiger partial charge in [0, 0.05) is 24.4 Å². The molecule has 77 valence electrons. The first kappa shape index (κ1) is 50.4. The Bertz CT molecular complexity index is 64.6. The second-order valence-electron chi connectivity index (χ2n) is 0.513. The van der Waals surface area contributed by atoms with Gasteiger partial charge in [-0.3, -0.25) is 0 Å². The van der Waals surface area contributed by atoms with Crippen LogP contribution < -0.4 is 0 Å². The van der Waals surface area contributed by atoms with Crippen LogP contribution >= 0.6 is 69.9 Å². The molecular weight excluding hydrogens is 394 g/mol. The van der Waals surface area contributed by atoms with Crippen molar-refractivity contribution < 1.29 is 19.2 Å². The van der Waals surface area contributed by atoms with Gasteiger partial charge in [0.15, 0.2) is 0 Å². The molecule has 4 nitrogen and oxygen atoms in total. The Morgan fingerprint density at radius 3 is 0.727 bits per heavy atom. The monoisotopic (exact) mass is 399 g/mol. The van der Waals surface area contributed by atoms with E-state index >= 15 is 0 Å². The van der Waals surface area contributed by atoms with E-state index in [1.165, 1.54) is 0 Å². The molecule has 3 radical (unpaired) electrons. The Morgan fingerprint density at radius 1 is 0.727 bits per heavy atom. The standard InChI is InChI=1S/5ClH.H3O4P.Sb/c;;;;;1-5(2,3)4;/h5*1H;(H3,1,2,3,4);. The van der Waals surface area contributed by atoms with Gasteiger partial charge in [0.2, 0.25) is 0 Å². The van der Waals surface area contributed by atoms with Crippen LogP contribution in [-0.2, 0) is 4.57 Å². The summed E-state index contributed by atoms with van der Waals surface area (Å²) in [4.78, 5) is 21.6. The summed E-state index contributed by atoms with van der Waals surface area (Å²) in [6.07, 6.45) is 0. The molecule has 0 aromatic heterocycles. The number of hydrogen-bond acceptors (Lipinski definition) is 1. The fourth-order valence-corrected chi connectivity index (χ4v) is 0. The van der Waals surface area contributed by atoms with Crippen LogP contribution in [0.15, 0.2) is 0 Å². The fraction of sp³-hybridized carbons (Fsp3) is 0. The normalized spacial score (nSPS) is 5.36. The van der Waals surface area contributed by atoms with Gasteiger partial charge in [-0.05, 0) is 0 Å². The molecule has 11 heteroatoms. The number of rotatable bonds is 0. The molecule has 0 fully saturated rings. The van der Waals surface area contributed by atoms with E-state index in [0.717, 1.165) is 0 Å². The average molecular weight is 402 g/mol. The van der Waals surface area contributed by atoms with E-state index in [2.05, 4.69) is 0 Å². The molecule has 0 spiro atoms. The third-order valence-electron chi connectivity index (χ3n) is 0. The van der Waals surface area contributed by atoms with Gasteiger partial charge in [-0.1, -0.05) is 0 Å². The van der Waals surface area contributed by atoms with Crippen LogP contribution in [0.25, 0.3) is 0 Å². The van der Waals surface area contributed by atoms with E-state index in [-0.39, 0.29) is 86.5 Å².